The van der Waals surface area contributed by atoms with Gasteiger partial charge in [0.2, 0.25) is 0 Å². The van der Waals surface area contributed by atoms with Crippen molar-refractivity contribution >= 4 is 32.1 Å². The van der Waals surface area contributed by atoms with Crippen molar-refractivity contribution in [3.63, 3.8) is 0 Å². The predicted molar refractivity (Wildman–Crippen MR) is 109 cm³/mol. The van der Waals surface area contributed by atoms with Gasteiger partial charge in [0.05, 0.1) is 22.7 Å². The van der Waals surface area contributed by atoms with Crippen LogP contribution in [0.15, 0.2) is 53.7 Å². The largest absolute Gasteiger partial charge is 0.385 e. The normalized spacial score (nSPS) is 20.9. The van der Waals surface area contributed by atoms with E-state index in [-0.39, 0.29) is 17.1 Å². The summed E-state index contributed by atoms with van der Waals surface area (Å²) in [5.41, 5.74) is 1.27. The predicted octanol–water partition coefficient (Wildman–Crippen LogP) is 2.16. The number of rotatable bonds is 4. The summed E-state index contributed by atoms with van der Waals surface area (Å²) in [6.45, 7) is 2.17. The minimum Gasteiger partial charge on any atom is -0.385 e. The van der Waals surface area contributed by atoms with Crippen LogP contribution in [0.1, 0.15) is 24.9 Å². The Morgan fingerprint density at radius 1 is 1.23 bits per heavy atom. The number of hydrogen-bond acceptors (Lipinski definition) is 6. The molecule has 1 saturated heterocycles. The molecular weight excluding hydrogens is 409 g/mol. The summed E-state index contributed by atoms with van der Waals surface area (Å²) in [5, 5.41) is 13.8. The van der Waals surface area contributed by atoms with Crippen LogP contribution in [-0.4, -0.2) is 51.3 Å². The highest BCUT2D eigenvalue weighted by Crippen LogP contribution is 2.34. The molecular formula is C20H20FN5O3S. The molecule has 2 N–H and O–H groups in total. The van der Waals surface area contributed by atoms with E-state index in [1.165, 1.54) is 24.5 Å². The monoisotopic (exact) mass is 429 g/mol. The van der Waals surface area contributed by atoms with Crippen molar-refractivity contribution in [2.45, 2.75) is 30.1 Å². The van der Waals surface area contributed by atoms with Crippen LogP contribution in [0.3, 0.4) is 0 Å². The maximum Gasteiger partial charge on any atom is 0.269 e. The van der Waals surface area contributed by atoms with Crippen LogP contribution in [0.4, 0.5) is 4.39 Å². The maximum atomic E-state index is 14.6. The molecule has 0 amide bonds. The maximum absolute atomic E-state index is 14.6. The van der Waals surface area contributed by atoms with Crippen LogP contribution in [0.5, 0.6) is 0 Å². The topological polar surface area (TPSA) is 102 Å². The molecule has 0 saturated carbocycles. The van der Waals surface area contributed by atoms with E-state index in [4.69, 9.17) is 0 Å². The van der Waals surface area contributed by atoms with E-state index in [9.17, 15) is 17.9 Å². The first-order valence-corrected chi connectivity index (χ1v) is 11.0. The van der Waals surface area contributed by atoms with Gasteiger partial charge >= 0.3 is 0 Å². The lowest BCUT2D eigenvalue weighted by Gasteiger charge is -2.19. The van der Waals surface area contributed by atoms with Crippen LogP contribution < -0.4 is 5.32 Å². The molecule has 30 heavy (non-hydrogen) atoms. The number of aliphatic hydroxyl groups is 1. The average molecular weight is 429 g/mol. The molecule has 3 atom stereocenters. The van der Waals surface area contributed by atoms with Crippen LogP contribution >= 0.6 is 0 Å². The van der Waals surface area contributed by atoms with Gasteiger partial charge < -0.3 is 15.0 Å². The van der Waals surface area contributed by atoms with Crippen LogP contribution in [0.25, 0.3) is 22.1 Å². The van der Waals surface area contributed by atoms with E-state index in [1.807, 2.05) is 0 Å². The van der Waals surface area contributed by atoms with E-state index < -0.39 is 28.3 Å². The number of aliphatic hydroxyl groups excluding tert-OH is 1. The Bertz CT molecular complexity index is 1350. The number of aromatic nitrogens is 4. The number of pyridine rings is 1. The number of halogens is 1. The number of nitrogens with zero attached hydrogens (tertiary/aromatic N) is 4. The van der Waals surface area contributed by atoms with Gasteiger partial charge in [0.15, 0.2) is 5.65 Å². The molecule has 1 aliphatic rings. The highest BCUT2D eigenvalue weighted by molar-refractivity contribution is 7.90. The molecule has 3 aromatic heterocycles. The van der Waals surface area contributed by atoms with Gasteiger partial charge in [-0.25, -0.2) is 26.7 Å². The summed E-state index contributed by atoms with van der Waals surface area (Å²) in [6, 6.07) is 9.18. The van der Waals surface area contributed by atoms with E-state index >= 15 is 0 Å². The van der Waals surface area contributed by atoms with Crippen molar-refractivity contribution in [1.29, 1.82) is 0 Å². The zero-order valence-electron chi connectivity index (χ0n) is 16.1. The van der Waals surface area contributed by atoms with Crippen molar-refractivity contribution in [1.82, 2.24) is 23.8 Å². The van der Waals surface area contributed by atoms with Gasteiger partial charge in [0, 0.05) is 24.7 Å². The Labute approximate surface area is 172 Å². The highest BCUT2D eigenvalue weighted by atomic mass is 32.2. The van der Waals surface area contributed by atoms with E-state index in [0.29, 0.717) is 28.8 Å². The number of alkyl halides is 1. The lowest BCUT2D eigenvalue weighted by molar-refractivity contribution is 0.176. The van der Waals surface area contributed by atoms with E-state index in [0.717, 1.165) is 3.97 Å². The van der Waals surface area contributed by atoms with E-state index in [2.05, 4.69) is 15.3 Å². The lowest BCUT2D eigenvalue weighted by atomic mass is 10.2. The third-order valence-corrected chi connectivity index (χ3v) is 7.15. The summed E-state index contributed by atoms with van der Waals surface area (Å²) in [7, 11) is -3.85. The fourth-order valence-corrected chi connectivity index (χ4v) is 5.40. The molecule has 5 rings (SSSR count). The standard InChI is InChI=1S/C20H20FN5O3S/c1-12(27)19-24-16-10-23-20-14(18(16)26(19)17-11-22-9-15(17)21)7-8-25(20)30(28,29)13-5-3-2-4-6-13/h2-8,10,12,15,17,22,27H,9,11H2,1H3/t12?,15?,17-/m1/s1. The molecule has 8 nitrogen and oxygen atoms in total. The molecule has 2 unspecified atom stereocenters. The second-order valence-electron chi connectivity index (χ2n) is 7.42. The first-order valence-electron chi connectivity index (χ1n) is 9.61. The summed E-state index contributed by atoms with van der Waals surface area (Å²) >= 11 is 0. The Hall–Kier alpha value is -2.82. The Morgan fingerprint density at radius 3 is 2.67 bits per heavy atom. The zero-order valence-corrected chi connectivity index (χ0v) is 16.9. The quantitative estimate of drug-likeness (QED) is 0.516. The number of hydrogen-bond donors (Lipinski definition) is 2. The summed E-state index contributed by atoms with van der Waals surface area (Å²) in [5.74, 6) is 0.328. The van der Waals surface area contributed by atoms with Crippen LogP contribution in [-0.2, 0) is 10.0 Å². The number of imidazole rings is 1. The van der Waals surface area contributed by atoms with Gasteiger partial charge in [0.25, 0.3) is 10.0 Å². The Morgan fingerprint density at radius 2 is 2.00 bits per heavy atom. The van der Waals surface area contributed by atoms with Gasteiger partial charge in [-0.05, 0) is 25.1 Å². The second kappa shape index (κ2) is 6.86. The van der Waals surface area contributed by atoms with Gasteiger partial charge in [-0.3, -0.25) is 0 Å². The number of nitrogens with one attached hydrogen (secondary N) is 1. The molecule has 156 valence electrons. The zero-order chi connectivity index (χ0) is 21.0. The summed E-state index contributed by atoms with van der Waals surface area (Å²) < 4.78 is 43.7. The molecule has 0 bridgehead atoms. The summed E-state index contributed by atoms with van der Waals surface area (Å²) in [6.07, 6.45) is 0.833. The molecule has 1 fully saturated rings. The van der Waals surface area contributed by atoms with Gasteiger partial charge in [-0.15, -0.1) is 0 Å². The van der Waals surface area contributed by atoms with Crippen LogP contribution in [0, 0.1) is 0 Å². The van der Waals surface area contributed by atoms with Crippen molar-refractivity contribution < 1.29 is 17.9 Å². The molecule has 0 spiro atoms. The number of fused-ring (bicyclic) bond motifs is 3. The molecule has 1 aromatic carbocycles. The fourth-order valence-electron chi connectivity index (χ4n) is 4.08. The van der Waals surface area contributed by atoms with E-state index in [1.54, 1.807) is 35.8 Å². The molecule has 1 aliphatic heterocycles. The van der Waals surface area contributed by atoms with Crippen molar-refractivity contribution in [2.24, 2.45) is 0 Å². The minimum absolute atomic E-state index is 0.145. The Kier molecular flexibility index (Phi) is 4.38. The first-order chi connectivity index (χ1) is 14.4. The van der Waals surface area contributed by atoms with Crippen molar-refractivity contribution in [2.75, 3.05) is 13.1 Å². The lowest BCUT2D eigenvalue weighted by Crippen LogP contribution is -2.22. The minimum atomic E-state index is -3.85. The fraction of sp³-hybridized carbons (Fsp3) is 0.300. The van der Waals surface area contributed by atoms with Gasteiger partial charge in [-0.2, -0.15) is 0 Å². The smallest absolute Gasteiger partial charge is 0.269 e. The summed E-state index contributed by atoms with van der Waals surface area (Å²) in [4.78, 5) is 8.95. The first kappa shape index (κ1) is 19.2. The van der Waals surface area contributed by atoms with Crippen LogP contribution in [0.2, 0.25) is 0 Å². The van der Waals surface area contributed by atoms with Crippen molar-refractivity contribution in [3.8, 4) is 0 Å². The van der Waals surface area contributed by atoms with Crippen molar-refractivity contribution in [3.05, 3.63) is 54.6 Å². The molecule has 0 radical (unpaired) electrons. The Balaban J connectivity index is 1.79. The number of benzene rings is 1. The average Bonchev–Trinajstić information content (AvgIpc) is 3.43. The third kappa shape index (κ3) is 2.75. The van der Waals surface area contributed by atoms with Gasteiger partial charge in [0.1, 0.15) is 23.6 Å². The second-order valence-corrected chi connectivity index (χ2v) is 9.23. The molecule has 4 aromatic rings. The molecule has 10 heteroatoms. The third-order valence-electron chi connectivity index (χ3n) is 5.47. The SMILES string of the molecule is CC(O)c1nc2cnc3c(ccn3S(=O)(=O)c3ccccc3)c2n1[C@@H]1CNCC1F. The molecule has 0 aliphatic carbocycles. The molecule has 4 heterocycles. The van der Waals surface area contributed by atoms with Gasteiger partial charge in [-0.1, -0.05) is 18.2 Å². The highest BCUT2D eigenvalue weighted by Gasteiger charge is 2.33.